The molecule has 1 saturated heterocycles. The Bertz CT molecular complexity index is 728. The Morgan fingerprint density at radius 2 is 1.65 bits per heavy atom. The molecule has 3 amide bonds. The summed E-state index contributed by atoms with van der Waals surface area (Å²) in [5.74, 6) is -6.72. The average Bonchev–Trinajstić information content (AvgIpc) is 3.18. The van der Waals surface area contributed by atoms with Crippen LogP contribution in [0.15, 0.2) is 0 Å². The predicted octanol–water partition coefficient (Wildman–Crippen LogP) is -3.31. The van der Waals surface area contributed by atoms with E-state index >= 15 is 0 Å². The monoisotopic (exact) mass is 446 g/mol. The number of carbonyl (C=O) groups is 6. The summed E-state index contributed by atoms with van der Waals surface area (Å²) in [4.78, 5) is 71.2. The van der Waals surface area contributed by atoms with E-state index in [1.165, 1.54) is 0 Å². The SMILES string of the molecule is NC(CCC(=O)O)C(=O)NC(CC(=O)O)C(=O)N1CCCC1C(=O)NC(CO)C(=O)O. The van der Waals surface area contributed by atoms with E-state index in [9.17, 15) is 28.8 Å². The normalized spacial score (nSPS) is 18.5. The number of carboxylic acid groups (broad SMARTS) is 3. The van der Waals surface area contributed by atoms with Gasteiger partial charge in [0.2, 0.25) is 17.7 Å². The van der Waals surface area contributed by atoms with Gasteiger partial charge < -0.3 is 41.7 Å². The van der Waals surface area contributed by atoms with Crippen molar-refractivity contribution in [2.45, 2.75) is 56.3 Å². The van der Waals surface area contributed by atoms with Gasteiger partial charge >= 0.3 is 17.9 Å². The van der Waals surface area contributed by atoms with Gasteiger partial charge in [0.15, 0.2) is 0 Å². The Kier molecular flexibility index (Phi) is 9.82. The molecule has 1 heterocycles. The molecule has 4 atom stereocenters. The summed E-state index contributed by atoms with van der Waals surface area (Å²) in [6.07, 6.45) is -0.916. The van der Waals surface area contributed by atoms with E-state index in [1.807, 2.05) is 0 Å². The standard InChI is InChI=1S/C17H26N4O10/c18-8(3-4-12(23)24)14(27)19-9(6-13(25)26)16(29)21-5-1-2-11(21)15(28)20-10(7-22)17(30)31/h8-11,22H,1-7,18H2,(H,19,27)(H,20,28)(H,23,24)(H,25,26)(H,30,31). The van der Waals surface area contributed by atoms with Crippen molar-refractivity contribution in [1.29, 1.82) is 0 Å². The number of nitrogens with one attached hydrogen (secondary N) is 2. The van der Waals surface area contributed by atoms with Crippen LogP contribution in [-0.2, 0) is 28.8 Å². The van der Waals surface area contributed by atoms with Crippen LogP contribution in [0.1, 0.15) is 32.1 Å². The molecule has 174 valence electrons. The molecule has 14 nitrogen and oxygen atoms in total. The smallest absolute Gasteiger partial charge is 0.328 e. The molecule has 1 aliphatic heterocycles. The number of aliphatic hydroxyl groups excluding tert-OH is 1. The predicted molar refractivity (Wildman–Crippen MR) is 100 cm³/mol. The fourth-order valence-corrected chi connectivity index (χ4v) is 3.02. The number of hydrogen-bond acceptors (Lipinski definition) is 8. The zero-order valence-corrected chi connectivity index (χ0v) is 16.5. The second-order valence-electron chi connectivity index (χ2n) is 6.97. The molecular formula is C17H26N4O10. The summed E-state index contributed by atoms with van der Waals surface area (Å²) in [6, 6.07) is -5.55. The first-order valence-corrected chi connectivity index (χ1v) is 9.42. The van der Waals surface area contributed by atoms with Crippen molar-refractivity contribution in [3.8, 4) is 0 Å². The van der Waals surface area contributed by atoms with E-state index < -0.39 is 79.2 Å². The number of hydrogen-bond donors (Lipinski definition) is 7. The summed E-state index contributed by atoms with van der Waals surface area (Å²) in [6.45, 7) is -0.807. The van der Waals surface area contributed by atoms with Crippen LogP contribution in [0, 0.1) is 0 Å². The fraction of sp³-hybridized carbons (Fsp3) is 0.647. The number of nitrogens with two attached hydrogens (primary N) is 1. The molecule has 0 aromatic carbocycles. The Balaban J connectivity index is 2.91. The highest BCUT2D eigenvalue weighted by atomic mass is 16.4. The molecular weight excluding hydrogens is 420 g/mol. The Morgan fingerprint density at radius 1 is 1.00 bits per heavy atom. The summed E-state index contributed by atoms with van der Waals surface area (Å²) in [7, 11) is 0. The summed E-state index contributed by atoms with van der Waals surface area (Å²) >= 11 is 0. The number of carboxylic acids is 3. The number of aliphatic carboxylic acids is 3. The number of carbonyl (C=O) groups excluding carboxylic acids is 3. The van der Waals surface area contributed by atoms with E-state index in [4.69, 9.17) is 26.2 Å². The van der Waals surface area contributed by atoms with Gasteiger partial charge in [0, 0.05) is 13.0 Å². The summed E-state index contributed by atoms with van der Waals surface area (Å²) < 4.78 is 0. The van der Waals surface area contributed by atoms with Crippen molar-refractivity contribution in [3.63, 3.8) is 0 Å². The van der Waals surface area contributed by atoms with Crippen LogP contribution < -0.4 is 16.4 Å². The molecule has 0 saturated carbocycles. The van der Waals surface area contributed by atoms with Crippen LogP contribution in [0.4, 0.5) is 0 Å². The first-order chi connectivity index (χ1) is 14.5. The van der Waals surface area contributed by atoms with E-state index in [-0.39, 0.29) is 19.4 Å². The van der Waals surface area contributed by atoms with E-state index in [0.717, 1.165) is 4.90 Å². The maximum absolute atomic E-state index is 12.9. The van der Waals surface area contributed by atoms with Gasteiger partial charge in [-0.25, -0.2) is 4.79 Å². The van der Waals surface area contributed by atoms with Crippen molar-refractivity contribution in [3.05, 3.63) is 0 Å². The van der Waals surface area contributed by atoms with Crippen molar-refractivity contribution >= 4 is 35.6 Å². The molecule has 4 unspecified atom stereocenters. The number of aliphatic hydroxyl groups is 1. The van der Waals surface area contributed by atoms with E-state index in [0.29, 0.717) is 6.42 Å². The molecule has 0 bridgehead atoms. The van der Waals surface area contributed by atoms with Crippen LogP contribution in [0.5, 0.6) is 0 Å². The average molecular weight is 446 g/mol. The molecule has 0 radical (unpaired) electrons. The lowest BCUT2D eigenvalue weighted by Crippen LogP contribution is -2.57. The fourth-order valence-electron chi connectivity index (χ4n) is 3.02. The first kappa shape index (κ1) is 25.8. The van der Waals surface area contributed by atoms with Crippen LogP contribution in [0.3, 0.4) is 0 Å². The third-order valence-corrected chi connectivity index (χ3v) is 4.63. The molecule has 14 heteroatoms. The number of rotatable bonds is 12. The quantitative estimate of drug-likeness (QED) is 0.157. The number of amides is 3. The Morgan fingerprint density at radius 3 is 2.16 bits per heavy atom. The third-order valence-electron chi connectivity index (χ3n) is 4.63. The van der Waals surface area contributed by atoms with Gasteiger partial charge in [0.25, 0.3) is 0 Å². The molecule has 1 fully saturated rings. The summed E-state index contributed by atoms with van der Waals surface area (Å²) in [5.41, 5.74) is 5.58. The highest BCUT2D eigenvalue weighted by molar-refractivity contribution is 5.96. The van der Waals surface area contributed by atoms with Crippen LogP contribution in [-0.4, -0.2) is 98.3 Å². The molecule has 0 aromatic rings. The molecule has 1 rings (SSSR count). The van der Waals surface area contributed by atoms with Crippen molar-refractivity contribution in [2.75, 3.05) is 13.2 Å². The number of likely N-dealkylation sites (tertiary alicyclic amines) is 1. The van der Waals surface area contributed by atoms with Gasteiger partial charge in [0.05, 0.1) is 19.1 Å². The Hall–Kier alpha value is -3.26. The van der Waals surface area contributed by atoms with Crippen molar-refractivity contribution in [2.24, 2.45) is 5.73 Å². The van der Waals surface area contributed by atoms with Gasteiger partial charge in [-0.1, -0.05) is 0 Å². The molecule has 0 spiro atoms. The van der Waals surface area contributed by atoms with E-state index in [2.05, 4.69) is 10.6 Å². The van der Waals surface area contributed by atoms with Crippen molar-refractivity contribution < 1.29 is 49.2 Å². The van der Waals surface area contributed by atoms with Gasteiger partial charge in [-0.15, -0.1) is 0 Å². The maximum Gasteiger partial charge on any atom is 0.328 e. The highest BCUT2D eigenvalue weighted by Crippen LogP contribution is 2.19. The van der Waals surface area contributed by atoms with E-state index in [1.54, 1.807) is 0 Å². The second-order valence-corrected chi connectivity index (χ2v) is 6.97. The lowest BCUT2D eigenvalue weighted by Gasteiger charge is -2.29. The Labute approximate surface area is 176 Å². The molecule has 8 N–H and O–H groups in total. The zero-order chi connectivity index (χ0) is 23.7. The molecule has 0 aliphatic carbocycles. The van der Waals surface area contributed by atoms with Gasteiger partial charge in [0.1, 0.15) is 18.1 Å². The lowest BCUT2D eigenvalue weighted by atomic mass is 10.1. The topological polar surface area (TPSA) is 237 Å². The largest absolute Gasteiger partial charge is 0.481 e. The highest BCUT2D eigenvalue weighted by Gasteiger charge is 2.39. The maximum atomic E-state index is 12.9. The molecule has 1 aliphatic rings. The summed E-state index contributed by atoms with van der Waals surface area (Å²) in [5, 5.41) is 40.0. The third kappa shape index (κ3) is 7.82. The zero-order valence-electron chi connectivity index (χ0n) is 16.5. The molecule has 31 heavy (non-hydrogen) atoms. The molecule has 0 aromatic heterocycles. The number of nitrogens with zero attached hydrogens (tertiary/aromatic N) is 1. The minimum Gasteiger partial charge on any atom is -0.481 e. The second kappa shape index (κ2) is 11.8. The van der Waals surface area contributed by atoms with Crippen molar-refractivity contribution in [1.82, 2.24) is 15.5 Å². The minimum absolute atomic E-state index is 0.0604. The van der Waals surface area contributed by atoms with Gasteiger partial charge in [-0.05, 0) is 19.3 Å². The van der Waals surface area contributed by atoms with Crippen LogP contribution >= 0.6 is 0 Å². The van der Waals surface area contributed by atoms with Crippen LogP contribution in [0.25, 0.3) is 0 Å². The first-order valence-electron chi connectivity index (χ1n) is 9.42. The van der Waals surface area contributed by atoms with Gasteiger partial charge in [-0.3, -0.25) is 24.0 Å². The van der Waals surface area contributed by atoms with Crippen LogP contribution in [0.2, 0.25) is 0 Å². The minimum atomic E-state index is -1.58. The van der Waals surface area contributed by atoms with Gasteiger partial charge in [-0.2, -0.15) is 0 Å². The lowest BCUT2D eigenvalue weighted by molar-refractivity contribution is -0.147.